The van der Waals surface area contributed by atoms with Gasteiger partial charge in [0, 0.05) is 0 Å². The van der Waals surface area contributed by atoms with Gasteiger partial charge in [0.15, 0.2) is 8.32 Å². The van der Waals surface area contributed by atoms with Gasteiger partial charge in [-0.05, 0) is 38.9 Å². The molecule has 2 fully saturated rings. The fourth-order valence-electron chi connectivity index (χ4n) is 2.46. The fourth-order valence-corrected chi connectivity index (χ4v) is 5.19. The quantitative estimate of drug-likeness (QED) is 0.424. The van der Waals surface area contributed by atoms with Gasteiger partial charge in [0.1, 0.15) is 11.6 Å². The van der Waals surface area contributed by atoms with Crippen molar-refractivity contribution in [2.45, 2.75) is 83.5 Å². The highest BCUT2D eigenvalue weighted by atomic mass is 32.2. The fraction of sp³-hybridized carbons (Fsp3) is 0.933. The molecule has 7 nitrogen and oxygen atoms in total. The Bertz CT molecular complexity index is 619. The van der Waals surface area contributed by atoms with E-state index in [1.165, 1.54) is 0 Å². The highest BCUT2D eigenvalue weighted by molar-refractivity contribution is 7.84. The molecule has 0 amide bonds. The van der Waals surface area contributed by atoms with Crippen LogP contribution in [0.4, 0.5) is 0 Å². The van der Waals surface area contributed by atoms with Crippen molar-refractivity contribution in [3.63, 3.8) is 0 Å². The first-order valence-corrected chi connectivity index (χ1v) is 12.4. The van der Waals surface area contributed by atoms with Crippen LogP contribution < -0.4 is 0 Å². The van der Waals surface area contributed by atoms with E-state index in [9.17, 15) is 13.2 Å². The molecule has 0 spiro atoms. The van der Waals surface area contributed by atoms with Crippen LogP contribution in [-0.2, 0) is 28.4 Å². The summed E-state index contributed by atoms with van der Waals surface area (Å²) in [5.74, 6) is -0.551. The van der Waals surface area contributed by atoms with Gasteiger partial charge in [-0.25, -0.2) is 0 Å². The Kier molecular flexibility index (Phi) is 4.77. The lowest BCUT2D eigenvalue weighted by Gasteiger charge is -2.39. The summed E-state index contributed by atoms with van der Waals surface area (Å²) in [5, 5.41) is -0.0234. The van der Waals surface area contributed by atoms with E-state index in [-0.39, 0.29) is 11.6 Å². The molecular formula is C15H29NO6SSi. The van der Waals surface area contributed by atoms with Crippen molar-refractivity contribution in [1.82, 2.24) is 4.31 Å². The lowest BCUT2D eigenvalue weighted by molar-refractivity contribution is -0.154. The van der Waals surface area contributed by atoms with Gasteiger partial charge in [0.25, 0.3) is 0 Å². The van der Waals surface area contributed by atoms with Crippen LogP contribution >= 0.6 is 0 Å². The van der Waals surface area contributed by atoms with Crippen molar-refractivity contribution >= 4 is 24.6 Å². The molecule has 2 heterocycles. The van der Waals surface area contributed by atoms with E-state index in [0.717, 1.165) is 4.31 Å². The molecule has 1 unspecified atom stereocenters. The lowest BCUT2D eigenvalue weighted by atomic mass is 10.2. The molecule has 0 radical (unpaired) electrons. The van der Waals surface area contributed by atoms with Crippen molar-refractivity contribution < 1.29 is 26.6 Å². The number of esters is 1. The zero-order valence-corrected chi connectivity index (χ0v) is 17.6. The average Bonchev–Trinajstić information content (AvgIpc) is 3.06. The molecule has 0 N–H and O–H groups in total. The molecule has 140 valence electrons. The minimum atomic E-state index is -3.89. The molecule has 0 bridgehead atoms. The molecule has 2 saturated heterocycles. The lowest BCUT2D eigenvalue weighted by Crippen LogP contribution is -2.49. The number of carbonyl (C=O) groups is 1. The molecule has 4 atom stereocenters. The van der Waals surface area contributed by atoms with E-state index < -0.39 is 48.4 Å². The molecule has 2 aliphatic rings. The Labute approximate surface area is 146 Å². The molecule has 0 saturated carbocycles. The second-order valence-corrected chi connectivity index (χ2v) is 15.2. The van der Waals surface area contributed by atoms with Crippen LogP contribution in [0.5, 0.6) is 0 Å². The molecular weight excluding hydrogens is 350 g/mol. The minimum absolute atomic E-state index is 0.0234. The third-order valence-electron chi connectivity index (χ3n) is 4.72. The first-order valence-electron chi connectivity index (χ1n) is 8.15. The number of rotatable bonds is 3. The van der Waals surface area contributed by atoms with Crippen molar-refractivity contribution in [2.24, 2.45) is 0 Å². The van der Waals surface area contributed by atoms with E-state index in [1.54, 1.807) is 20.8 Å². The van der Waals surface area contributed by atoms with Crippen LogP contribution in [0.25, 0.3) is 0 Å². The summed E-state index contributed by atoms with van der Waals surface area (Å²) >= 11 is 0. The molecule has 0 aromatic heterocycles. The van der Waals surface area contributed by atoms with E-state index in [4.69, 9.17) is 13.3 Å². The second kappa shape index (κ2) is 5.77. The van der Waals surface area contributed by atoms with E-state index >= 15 is 0 Å². The summed E-state index contributed by atoms with van der Waals surface area (Å²) in [6, 6.07) is -1.39. The maximum Gasteiger partial charge on any atom is 0.339 e. The molecule has 2 aliphatic heterocycles. The molecule has 24 heavy (non-hydrogen) atoms. The predicted molar refractivity (Wildman–Crippen MR) is 92.2 cm³/mol. The number of ether oxygens (including phenoxy) is 1. The van der Waals surface area contributed by atoms with Gasteiger partial charge in [0.05, 0.1) is 18.8 Å². The standard InChI is InChI=1S/C15H29NO6SSi/c1-14(2,3)21-13(17)12-11-10(9-20-23(18,19)16(11)12)22-24(7,8)15(4,5)6/h10-12H,9H2,1-8H3/t10-,11+,12+,16?/m0/s1. The largest absolute Gasteiger partial charge is 0.459 e. The van der Waals surface area contributed by atoms with Gasteiger partial charge in [-0.2, -0.15) is 12.7 Å². The summed E-state index contributed by atoms with van der Waals surface area (Å²) in [7, 11) is -6.01. The number of fused-ring (bicyclic) bond motifs is 1. The van der Waals surface area contributed by atoms with Gasteiger partial charge in [-0.15, -0.1) is 0 Å². The van der Waals surface area contributed by atoms with E-state index in [0.29, 0.717) is 0 Å². The van der Waals surface area contributed by atoms with Crippen LogP contribution in [0.1, 0.15) is 41.5 Å². The third kappa shape index (κ3) is 3.85. The molecule has 0 aromatic carbocycles. The number of nitrogens with zero attached hydrogens (tertiary/aromatic N) is 1. The van der Waals surface area contributed by atoms with Crippen molar-refractivity contribution in [3.05, 3.63) is 0 Å². The minimum Gasteiger partial charge on any atom is -0.459 e. The first kappa shape index (κ1) is 19.8. The Hall–Kier alpha value is -0.483. The third-order valence-corrected chi connectivity index (χ3v) is 10.6. The molecule has 9 heteroatoms. The van der Waals surface area contributed by atoms with E-state index in [2.05, 4.69) is 33.9 Å². The normalized spacial score (nSPS) is 32.8. The second-order valence-electron chi connectivity index (χ2n) is 8.96. The predicted octanol–water partition coefficient (Wildman–Crippen LogP) is 2.05. The number of hydrogen-bond donors (Lipinski definition) is 0. The van der Waals surface area contributed by atoms with Gasteiger partial charge in [-0.1, -0.05) is 20.8 Å². The SMILES string of the molecule is CC(C)(C)OC(=O)[C@H]1[C@H]2[C@@H](O[Si](C)(C)C(C)(C)C)COS(=O)(=O)N21. The van der Waals surface area contributed by atoms with Gasteiger partial charge in [0.2, 0.25) is 0 Å². The van der Waals surface area contributed by atoms with Crippen LogP contribution in [-0.4, -0.2) is 57.4 Å². The number of carbonyl (C=O) groups excluding carboxylic acids is 1. The average molecular weight is 380 g/mol. The van der Waals surface area contributed by atoms with Crippen molar-refractivity contribution in [3.8, 4) is 0 Å². The summed E-state index contributed by atoms with van der Waals surface area (Å²) in [6.45, 7) is 15.7. The zero-order valence-electron chi connectivity index (χ0n) is 15.7. The summed E-state index contributed by atoms with van der Waals surface area (Å²) in [4.78, 5) is 12.4. The summed E-state index contributed by atoms with van der Waals surface area (Å²) in [6.07, 6.45) is -0.452. The summed E-state index contributed by atoms with van der Waals surface area (Å²) in [5.41, 5.74) is -0.676. The van der Waals surface area contributed by atoms with Gasteiger partial charge in [-0.3, -0.25) is 8.98 Å². The Morgan fingerprint density at radius 2 is 1.71 bits per heavy atom. The monoisotopic (exact) mass is 379 g/mol. The van der Waals surface area contributed by atoms with Crippen LogP contribution in [0.3, 0.4) is 0 Å². The van der Waals surface area contributed by atoms with Gasteiger partial charge < -0.3 is 9.16 Å². The maximum atomic E-state index is 12.4. The zero-order chi connectivity index (χ0) is 18.7. The highest BCUT2D eigenvalue weighted by Crippen LogP contribution is 2.45. The molecule has 0 aliphatic carbocycles. The molecule has 0 aromatic rings. The van der Waals surface area contributed by atoms with E-state index in [1.807, 2.05) is 0 Å². The van der Waals surface area contributed by atoms with Crippen molar-refractivity contribution in [1.29, 1.82) is 0 Å². The Morgan fingerprint density at radius 1 is 1.17 bits per heavy atom. The molecule has 2 rings (SSSR count). The Balaban J connectivity index is 2.19. The maximum absolute atomic E-state index is 12.4. The van der Waals surface area contributed by atoms with Crippen LogP contribution in [0.15, 0.2) is 0 Å². The smallest absolute Gasteiger partial charge is 0.339 e. The topological polar surface area (TPSA) is 81.9 Å². The van der Waals surface area contributed by atoms with Gasteiger partial charge >= 0.3 is 16.3 Å². The summed E-state index contributed by atoms with van der Waals surface area (Å²) < 4.78 is 41.8. The first-order chi connectivity index (χ1) is 10.6. The van der Waals surface area contributed by atoms with Crippen molar-refractivity contribution in [2.75, 3.05) is 6.61 Å². The highest BCUT2D eigenvalue weighted by Gasteiger charge is 2.68. The Morgan fingerprint density at radius 3 is 2.17 bits per heavy atom. The van der Waals surface area contributed by atoms with Crippen LogP contribution in [0, 0.1) is 0 Å². The number of hydrogen-bond acceptors (Lipinski definition) is 6. The van der Waals surface area contributed by atoms with Crippen LogP contribution in [0.2, 0.25) is 18.1 Å².